The van der Waals surface area contributed by atoms with Crippen LogP contribution < -0.4 is 10.6 Å². The molecule has 0 spiro atoms. The standard InChI is InChI=1S/C27H28N2O6/c30-25(28-14-17-11-12-34-24(17)26(31)32)16-9-10-18(13-16)29-27(33)35-15-23-21-7-3-1-5-19(21)20-6-2-4-8-22(20)23/h1-10,16-18,23-24H,11-15H2,(H,28,30)(H,29,33)(H,31,32). The van der Waals surface area contributed by atoms with Gasteiger partial charge in [-0.3, -0.25) is 4.79 Å². The van der Waals surface area contributed by atoms with Crippen molar-refractivity contribution in [1.82, 2.24) is 10.6 Å². The molecule has 2 aliphatic carbocycles. The fraction of sp³-hybridized carbons (Fsp3) is 0.370. The predicted octanol–water partition coefficient (Wildman–Crippen LogP) is 3.08. The normalized spacial score (nSPS) is 24.6. The van der Waals surface area contributed by atoms with E-state index < -0.39 is 18.2 Å². The van der Waals surface area contributed by atoms with E-state index in [-0.39, 0.29) is 42.9 Å². The highest BCUT2D eigenvalue weighted by atomic mass is 16.5. The highest BCUT2D eigenvalue weighted by Gasteiger charge is 2.35. The van der Waals surface area contributed by atoms with Crippen LogP contribution in [-0.4, -0.2) is 55.0 Å². The van der Waals surface area contributed by atoms with Crippen LogP contribution in [0.5, 0.6) is 0 Å². The second kappa shape index (κ2) is 9.92. The number of benzene rings is 2. The Hall–Kier alpha value is -3.65. The van der Waals surface area contributed by atoms with E-state index in [1.165, 1.54) is 11.1 Å². The van der Waals surface area contributed by atoms with Crippen molar-refractivity contribution >= 4 is 18.0 Å². The molecule has 4 unspecified atom stereocenters. The third-order valence-electron chi connectivity index (χ3n) is 7.06. The number of hydrogen-bond acceptors (Lipinski definition) is 5. The molecule has 0 aromatic heterocycles. The molecular formula is C27H28N2O6. The summed E-state index contributed by atoms with van der Waals surface area (Å²) in [5.41, 5.74) is 4.64. The maximum absolute atomic E-state index is 12.5. The summed E-state index contributed by atoms with van der Waals surface area (Å²) >= 11 is 0. The van der Waals surface area contributed by atoms with Crippen LogP contribution in [0.1, 0.15) is 29.9 Å². The zero-order chi connectivity index (χ0) is 24.4. The lowest BCUT2D eigenvalue weighted by atomic mass is 9.98. The summed E-state index contributed by atoms with van der Waals surface area (Å²) < 4.78 is 10.8. The fourth-order valence-electron chi connectivity index (χ4n) is 5.27. The van der Waals surface area contributed by atoms with Gasteiger partial charge in [0.15, 0.2) is 6.10 Å². The largest absolute Gasteiger partial charge is 0.479 e. The SMILES string of the molecule is O=C(NC1C=CC(C(=O)NCC2CCOC2C(=O)O)C1)OCC1c2ccccc2-c2ccccc21. The lowest BCUT2D eigenvalue weighted by Crippen LogP contribution is -2.39. The van der Waals surface area contributed by atoms with Crippen LogP contribution in [0, 0.1) is 11.8 Å². The summed E-state index contributed by atoms with van der Waals surface area (Å²) in [6, 6.07) is 16.0. The number of rotatable bonds is 7. The summed E-state index contributed by atoms with van der Waals surface area (Å²) in [5.74, 6) is -1.83. The summed E-state index contributed by atoms with van der Waals surface area (Å²) in [7, 11) is 0. The molecule has 0 saturated carbocycles. The predicted molar refractivity (Wildman–Crippen MR) is 128 cm³/mol. The molecular weight excluding hydrogens is 448 g/mol. The summed E-state index contributed by atoms with van der Waals surface area (Å²) in [6.07, 6.45) is 3.20. The molecule has 3 N–H and O–H groups in total. The van der Waals surface area contributed by atoms with Gasteiger partial charge in [-0.2, -0.15) is 0 Å². The molecule has 3 aliphatic rings. The summed E-state index contributed by atoms with van der Waals surface area (Å²) in [4.78, 5) is 36.3. The van der Waals surface area contributed by atoms with E-state index in [1.807, 2.05) is 24.3 Å². The van der Waals surface area contributed by atoms with Gasteiger partial charge in [-0.1, -0.05) is 60.7 Å². The Labute approximate surface area is 203 Å². The fourth-order valence-corrected chi connectivity index (χ4v) is 5.27. The highest BCUT2D eigenvalue weighted by Crippen LogP contribution is 2.44. The molecule has 1 heterocycles. The van der Waals surface area contributed by atoms with E-state index in [2.05, 4.69) is 34.9 Å². The first kappa shape index (κ1) is 23.1. The number of carboxylic acids is 1. The Kier molecular flexibility index (Phi) is 6.55. The van der Waals surface area contributed by atoms with Gasteiger partial charge in [0, 0.05) is 25.0 Å². The van der Waals surface area contributed by atoms with Crippen LogP contribution in [0.15, 0.2) is 60.7 Å². The molecule has 2 aromatic rings. The van der Waals surface area contributed by atoms with Gasteiger partial charge in [-0.15, -0.1) is 0 Å². The molecule has 8 nitrogen and oxygen atoms in total. The minimum Gasteiger partial charge on any atom is -0.479 e. The molecule has 1 fully saturated rings. The number of carbonyl (C=O) groups excluding carboxylic acids is 2. The van der Waals surface area contributed by atoms with E-state index in [0.717, 1.165) is 11.1 Å². The summed E-state index contributed by atoms with van der Waals surface area (Å²) in [6.45, 7) is 0.867. The number of amides is 2. The monoisotopic (exact) mass is 476 g/mol. The molecule has 5 rings (SSSR count). The molecule has 1 aliphatic heterocycles. The van der Waals surface area contributed by atoms with Crippen LogP contribution in [0.4, 0.5) is 4.79 Å². The molecule has 182 valence electrons. The van der Waals surface area contributed by atoms with Crippen LogP contribution >= 0.6 is 0 Å². The van der Waals surface area contributed by atoms with E-state index in [0.29, 0.717) is 19.4 Å². The summed E-state index contributed by atoms with van der Waals surface area (Å²) in [5, 5.41) is 14.8. The van der Waals surface area contributed by atoms with E-state index in [9.17, 15) is 19.5 Å². The number of fused-ring (bicyclic) bond motifs is 3. The van der Waals surface area contributed by atoms with Crippen LogP contribution in [-0.2, 0) is 19.1 Å². The second-order valence-electron chi connectivity index (χ2n) is 9.23. The molecule has 0 radical (unpaired) electrons. The number of carboxylic acid groups (broad SMARTS) is 1. The molecule has 1 saturated heterocycles. The van der Waals surface area contributed by atoms with Crippen LogP contribution in [0.3, 0.4) is 0 Å². The van der Waals surface area contributed by atoms with Gasteiger partial charge in [-0.25, -0.2) is 9.59 Å². The van der Waals surface area contributed by atoms with Gasteiger partial charge in [0.25, 0.3) is 0 Å². The van der Waals surface area contributed by atoms with Crippen LogP contribution in [0.25, 0.3) is 11.1 Å². The number of nitrogens with one attached hydrogen (secondary N) is 2. The third-order valence-corrected chi connectivity index (χ3v) is 7.06. The Bertz CT molecular complexity index is 1120. The van der Waals surface area contributed by atoms with Crippen LogP contribution in [0.2, 0.25) is 0 Å². The zero-order valence-corrected chi connectivity index (χ0v) is 19.2. The van der Waals surface area contributed by atoms with Crippen molar-refractivity contribution in [3.8, 4) is 11.1 Å². The van der Waals surface area contributed by atoms with Gasteiger partial charge in [0.2, 0.25) is 5.91 Å². The van der Waals surface area contributed by atoms with Crippen molar-refractivity contribution in [2.45, 2.75) is 30.9 Å². The van der Waals surface area contributed by atoms with Crippen molar-refractivity contribution < 1.29 is 29.0 Å². The van der Waals surface area contributed by atoms with Crippen molar-refractivity contribution in [1.29, 1.82) is 0 Å². The molecule has 35 heavy (non-hydrogen) atoms. The lowest BCUT2D eigenvalue weighted by Gasteiger charge is -2.18. The molecule has 2 aromatic carbocycles. The molecule has 2 amide bonds. The van der Waals surface area contributed by atoms with E-state index in [4.69, 9.17) is 9.47 Å². The van der Waals surface area contributed by atoms with Crippen molar-refractivity contribution in [3.05, 3.63) is 71.8 Å². The van der Waals surface area contributed by atoms with E-state index in [1.54, 1.807) is 12.2 Å². The maximum atomic E-state index is 12.5. The van der Waals surface area contributed by atoms with E-state index >= 15 is 0 Å². The molecule has 0 bridgehead atoms. The number of alkyl carbamates (subject to hydrolysis) is 1. The number of carbonyl (C=O) groups is 3. The maximum Gasteiger partial charge on any atom is 0.407 e. The second-order valence-corrected chi connectivity index (χ2v) is 9.23. The zero-order valence-electron chi connectivity index (χ0n) is 19.2. The Morgan fingerprint density at radius 3 is 2.37 bits per heavy atom. The number of ether oxygens (including phenoxy) is 2. The minimum absolute atomic E-state index is 0.0139. The van der Waals surface area contributed by atoms with Gasteiger partial charge in [0.1, 0.15) is 6.61 Å². The highest BCUT2D eigenvalue weighted by molar-refractivity contribution is 5.82. The van der Waals surface area contributed by atoms with Gasteiger partial charge in [-0.05, 0) is 35.1 Å². The smallest absolute Gasteiger partial charge is 0.407 e. The van der Waals surface area contributed by atoms with Crippen molar-refractivity contribution in [2.75, 3.05) is 19.8 Å². The number of hydrogen-bond donors (Lipinski definition) is 3. The topological polar surface area (TPSA) is 114 Å². The Morgan fingerprint density at radius 1 is 1.00 bits per heavy atom. The first-order valence-electron chi connectivity index (χ1n) is 11.9. The van der Waals surface area contributed by atoms with Crippen molar-refractivity contribution in [3.63, 3.8) is 0 Å². The molecule has 4 atom stereocenters. The third kappa shape index (κ3) is 4.79. The van der Waals surface area contributed by atoms with Gasteiger partial charge in [0.05, 0.1) is 12.0 Å². The van der Waals surface area contributed by atoms with Gasteiger partial charge >= 0.3 is 12.1 Å². The average Bonchev–Trinajstić information content (AvgIpc) is 3.59. The Morgan fingerprint density at radius 2 is 1.69 bits per heavy atom. The lowest BCUT2D eigenvalue weighted by molar-refractivity contribution is -0.149. The Balaban J connectivity index is 1.10. The molecule has 8 heteroatoms. The minimum atomic E-state index is -1.00. The quantitative estimate of drug-likeness (QED) is 0.530. The average molecular weight is 477 g/mol. The first-order valence-corrected chi connectivity index (χ1v) is 11.9. The first-order chi connectivity index (χ1) is 17.0. The number of aliphatic carboxylic acids is 1. The van der Waals surface area contributed by atoms with Crippen molar-refractivity contribution in [2.24, 2.45) is 11.8 Å². The van der Waals surface area contributed by atoms with Gasteiger partial charge < -0.3 is 25.2 Å².